The molecule has 0 aliphatic carbocycles. The second-order valence-corrected chi connectivity index (χ2v) is 5.39. The quantitative estimate of drug-likeness (QED) is 0.760. The topological polar surface area (TPSA) is 66.4 Å². The lowest BCUT2D eigenvalue weighted by Crippen LogP contribution is -2.41. The molecule has 0 unspecified atom stereocenters. The average Bonchev–Trinajstić information content (AvgIpc) is 2.37. The zero-order chi connectivity index (χ0) is 14.3. The standard InChI is InChI=1S/C13H16ClNO3S/c1-2-5-10(13(17)18)15-12(16)8-19-11-7-4-3-6-9(11)14/h3-4,6-7,10H,2,5,8H2,1H3,(H,15,16)(H,17,18)/t10-/m0/s1. The van der Waals surface area contributed by atoms with Crippen LogP contribution in [0.4, 0.5) is 0 Å². The Kier molecular flexibility index (Phi) is 6.73. The summed E-state index contributed by atoms with van der Waals surface area (Å²) >= 11 is 7.26. The van der Waals surface area contributed by atoms with E-state index >= 15 is 0 Å². The minimum absolute atomic E-state index is 0.150. The third-order valence-corrected chi connectivity index (χ3v) is 3.92. The number of aliphatic carboxylic acids is 1. The van der Waals surface area contributed by atoms with Gasteiger partial charge in [-0.2, -0.15) is 0 Å². The zero-order valence-corrected chi connectivity index (χ0v) is 12.1. The summed E-state index contributed by atoms with van der Waals surface area (Å²) in [6.45, 7) is 1.88. The maximum absolute atomic E-state index is 11.7. The zero-order valence-electron chi connectivity index (χ0n) is 10.6. The number of hydrogen-bond acceptors (Lipinski definition) is 3. The number of carbonyl (C=O) groups is 2. The van der Waals surface area contributed by atoms with Gasteiger partial charge >= 0.3 is 5.97 Å². The minimum atomic E-state index is -1.00. The summed E-state index contributed by atoms with van der Waals surface area (Å²) < 4.78 is 0. The molecule has 1 rings (SSSR count). The summed E-state index contributed by atoms with van der Waals surface area (Å²) in [6, 6.07) is 6.40. The molecule has 0 bridgehead atoms. The van der Waals surface area contributed by atoms with E-state index in [9.17, 15) is 9.59 Å². The largest absolute Gasteiger partial charge is 0.480 e. The summed E-state index contributed by atoms with van der Waals surface area (Å²) in [5.41, 5.74) is 0. The van der Waals surface area contributed by atoms with Crippen molar-refractivity contribution in [1.29, 1.82) is 0 Å². The number of carboxylic acid groups (broad SMARTS) is 1. The van der Waals surface area contributed by atoms with E-state index in [0.717, 1.165) is 4.90 Å². The smallest absolute Gasteiger partial charge is 0.326 e. The fourth-order valence-corrected chi connectivity index (χ4v) is 2.54. The van der Waals surface area contributed by atoms with Gasteiger partial charge in [0.05, 0.1) is 10.8 Å². The first-order valence-corrected chi connectivity index (χ1v) is 7.30. The van der Waals surface area contributed by atoms with Gasteiger partial charge in [-0.25, -0.2) is 4.79 Å². The minimum Gasteiger partial charge on any atom is -0.480 e. The number of hydrogen-bond donors (Lipinski definition) is 2. The van der Waals surface area contributed by atoms with Crippen LogP contribution in [-0.2, 0) is 9.59 Å². The Morgan fingerprint density at radius 3 is 2.68 bits per heavy atom. The number of halogens is 1. The lowest BCUT2D eigenvalue weighted by molar-refractivity contribution is -0.141. The predicted molar refractivity (Wildman–Crippen MR) is 76.7 cm³/mol. The van der Waals surface area contributed by atoms with Crippen molar-refractivity contribution >= 4 is 35.2 Å². The molecule has 1 aromatic rings. The molecule has 0 aliphatic heterocycles. The van der Waals surface area contributed by atoms with E-state index < -0.39 is 12.0 Å². The van der Waals surface area contributed by atoms with E-state index in [1.54, 1.807) is 6.07 Å². The highest BCUT2D eigenvalue weighted by Gasteiger charge is 2.18. The fourth-order valence-electron chi connectivity index (χ4n) is 1.49. The van der Waals surface area contributed by atoms with Gasteiger partial charge in [-0.05, 0) is 18.6 Å². The van der Waals surface area contributed by atoms with Crippen molar-refractivity contribution in [3.05, 3.63) is 29.3 Å². The SMILES string of the molecule is CCC[C@H](NC(=O)CSc1ccccc1Cl)C(=O)O. The third kappa shape index (κ3) is 5.53. The number of carbonyl (C=O) groups excluding carboxylic acids is 1. The molecule has 0 heterocycles. The van der Waals surface area contributed by atoms with Gasteiger partial charge in [0.15, 0.2) is 0 Å². The van der Waals surface area contributed by atoms with Gasteiger partial charge in [0, 0.05) is 4.90 Å². The van der Waals surface area contributed by atoms with Gasteiger partial charge in [-0.15, -0.1) is 11.8 Å². The molecule has 4 nitrogen and oxygen atoms in total. The summed E-state index contributed by atoms with van der Waals surface area (Å²) in [6.07, 6.45) is 1.13. The van der Waals surface area contributed by atoms with E-state index in [4.69, 9.17) is 16.7 Å². The molecule has 19 heavy (non-hydrogen) atoms. The highest BCUT2D eigenvalue weighted by Crippen LogP contribution is 2.26. The van der Waals surface area contributed by atoms with Crippen LogP contribution in [0.25, 0.3) is 0 Å². The molecule has 0 aromatic heterocycles. The van der Waals surface area contributed by atoms with Crippen molar-refractivity contribution < 1.29 is 14.7 Å². The maximum Gasteiger partial charge on any atom is 0.326 e. The number of carboxylic acids is 1. The van der Waals surface area contributed by atoms with Crippen molar-refractivity contribution in [2.45, 2.75) is 30.7 Å². The van der Waals surface area contributed by atoms with Crippen molar-refractivity contribution in [3.8, 4) is 0 Å². The van der Waals surface area contributed by atoms with E-state index in [0.29, 0.717) is 17.9 Å². The van der Waals surface area contributed by atoms with Crippen molar-refractivity contribution in [2.75, 3.05) is 5.75 Å². The Bertz CT molecular complexity index is 453. The van der Waals surface area contributed by atoms with Crippen LogP contribution in [0.2, 0.25) is 5.02 Å². The number of rotatable bonds is 7. The lowest BCUT2D eigenvalue weighted by Gasteiger charge is -2.13. The Morgan fingerprint density at radius 2 is 2.11 bits per heavy atom. The van der Waals surface area contributed by atoms with E-state index in [-0.39, 0.29) is 11.7 Å². The van der Waals surface area contributed by atoms with Crippen molar-refractivity contribution in [1.82, 2.24) is 5.32 Å². The summed E-state index contributed by atoms with van der Waals surface area (Å²) in [5.74, 6) is -1.15. The first kappa shape index (κ1) is 15.9. The first-order chi connectivity index (χ1) is 9.04. The highest BCUT2D eigenvalue weighted by atomic mass is 35.5. The van der Waals surface area contributed by atoms with Gasteiger partial charge in [-0.3, -0.25) is 4.79 Å². The van der Waals surface area contributed by atoms with Crippen LogP contribution in [0.3, 0.4) is 0 Å². The molecule has 1 amide bonds. The molecule has 0 fully saturated rings. The Labute approximate surface area is 121 Å². The number of nitrogens with one attached hydrogen (secondary N) is 1. The van der Waals surface area contributed by atoms with Gasteiger partial charge < -0.3 is 10.4 Å². The molecule has 2 N–H and O–H groups in total. The molecule has 0 saturated carbocycles. The molecule has 104 valence electrons. The molecule has 0 aliphatic rings. The molecular weight excluding hydrogens is 286 g/mol. The Balaban J connectivity index is 2.47. The van der Waals surface area contributed by atoms with Crippen LogP contribution in [0, 0.1) is 0 Å². The summed E-state index contributed by atoms with van der Waals surface area (Å²) in [5, 5.41) is 12.0. The van der Waals surface area contributed by atoms with E-state index in [1.165, 1.54) is 11.8 Å². The van der Waals surface area contributed by atoms with Crippen LogP contribution in [0.15, 0.2) is 29.2 Å². The van der Waals surface area contributed by atoms with Gasteiger partial charge in [0.2, 0.25) is 5.91 Å². The lowest BCUT2D eigenvalue weighted by atomic mass is 10.2. The third-order valence-electron chi connectivity index (χ3n) is 2.41. The molecular formula is C13H16ClNO3S. The predicted octanol–water partition coefficient (Wildman–Crippen LogP) is 2.80. The summed E-state index contributed by atoms with van der Waals surface area (Å²) in [4.78, 5) is 23.4. The molecule has 1 atom stereocenters. The van der Waals surface area contributed by atoms with Gasteiger partial charge in [-0.1, -0.05) is 37.1 Å². The Hall–Kier alpha value is -1.20. The van der Waals surface area contributed by atoms with Crippen LogP contribution in [-0.4, -0.2) is 28.8 Å². The van der Waals surface area contributed by atoms with Crippen molar-refractivity contribution in [2.24, 2.45) is 0 Å². The fraction of sp³-hybridized carbons (Fsp3) is 0.385. The number of thioether (sulfide) groups is 1. The second kappa shape index (κ2) is 8.07. The van der Waals surface area contributed by atoms with Crippen LogP contribution in [0.1, 0.15) is 19.8 Å². The average molecular weight is 302 g/mol. The highest BCUT2D eigenvalue weighted by molar-refractivity contribution is 8.00. The molecule has 6 heteroatoms. The second-order valence-electron chi connectivity index (χ2n) is 3.97. The molecule has 0 radical (unpaired) electrons. The molecule has 1 aromatic carbocycles. The van der Waals surface area contributed by atoms with Crippen molar-refractivity contribution in [3.63, 3.8) is 0 Å². The number of amides is 1. The molecule has 0 spiro atoms. The van der Waals surface area contributed by atoms with Gasteiger partial charge in [0.25, 0.3) is 0 Å². The van der Waals surface area contributed by atoms with Crippen LogP contribution in [0.5, 0.6) is 0 Å². The van der Waals surface area contributed by atoms with Gasteiger partial charge in [0.1, 0.15) is 6.04 Å². The van der Waals surface area contributed by atoms with Crippen LogP contribution >= 0.6 is 23.4 Å². The Morgan fingerprint density at radius 1 is 1.42 bits per heavy atom. The van der Waals surface area contributed by atoms with E-state index in [2.05, 4.69) is 5.32 Å². The first-order valence-electron chi connectivity index (χ1n) is 5.94. The monoisotopic (exact) mass is 301 g/mol. The summed E-state index contributed by atoms with van der Waals surface area (Å²) in [7, 11) is 0. The molecule has 0 saturated heterocycles. The number of benzene rings is 1. The van der Waals surface area contributed by atoms with Crippen LogP contribution < -0.4 is 5.32 Å². The maximum atomic E-state index is 11.7. The normalized spacial score (nSPS) is 11.9. The van der Waals surface area contributed by atoms with E-state index in [1.807, 2.05) is 25.1 Å².